The molecular weight excluding hydrogens is 266 g/mol. The molecule has 0 spiro atoms. The van der Waals surface area contributed by atoms with Gasteiger partial charge in [-0.15, -0.1) is 0 Å². The van der Waals surface area contributed by atoms with Crippen molar-refractivity contribution < 1.29 is 15.0 Å². The molecule has 0 aliphatic heterocycles. The van der Waals surface area contributed by atoms with E-state index >= 15 is 0 Å². The van der Waals surface area contributed by atoms with Crippen molar-refractivity contribution in [3.63, 3.8) is 0 Å². The Labute approximate surface area is 126 Å². The van der Waals surface area contributed by atoms with Gasteiger partial charge in [0, 0.05) is 11.6 Å². The monoisotopic (exact) mass is 291 g/mol. The number of aromatic hydroxyl groups is 1. The zero-order chi connectivity index (χ0) is 15.8. The zero-order valence-corrected chi connectivity index (χ0v) is 13.2. The summed E-state index contributed by atoms with van der Waals surface area (Å²) in [4.78, 5) is 11.6. The van der Waals surface area contributed by atoms with Gasteiger partial charge in [0.05, 0.1) is 0 Å². The number of rotatable bonds is 5. The van der Waals surface area contributed by atoms with Crippen LogP contribution >= 0.6 is 0 Å². The van der Waals surface area contributed by atoms with E-state index in [1.807, 2.05) is 19.9 Å². The summed E-state index contributed by atoms with van der Waals surface area (Å²) in [5, 5.41) is 23.0. The molecule has 116 valence electrons. The topological polar surface area (TPSA) is 69.6 Å². The van der Waals surface area contributed by atoms with E-state index in [1.54, 1.807) is 13.0 Å². The third-order valence-corrected chi connectivity index (χ3v) is 4.63. The first kappa shape index (κ1) is 15.8. The molecule has 4 heteroatoms. The molecular formula is C17H25NO3. The van der Waals surface area contributed by atoms with Gasteiger partial charge < -0.3 is 10.2 Å². The Morgan fingerprint density at radius 2 is 2.10 bits per heavy atom. The maximum Gasteiger partial charge on any atom is 0.323 e. The van der Waals surface area contributed by atoms with Crippen molar-refractivity contribution >= 4 is 5.97 Å². The molecule has 1 aliphatic rings. The maximum atomic E-state index is 11.6. The number of phenols is 1. The van der Waals surface area contributed by atoms with Gasteiger partial charge in [-0.05, 0) is 49.8 Å². The van der Waals surface area contributed by atoms with Crippen molar-refractivity contribution in [2.45, 2.75) is 64.5 Å². The van der Waals surface area contributed by atoms with Crippen LogP contribution in [-0.4, -0.2) is 21.7 Å². The number of nitrogens with one attached hydrogen (secondary N) is 1. The fourth-order valence-electron chi connectivity index (χ4n) is 3.60. The summed E-state index contributed by atoms with van der Waals surface area (Å²) in [6.45, 7) is 7.88. The van der Waals surface area contributed by atoms with Crippen LogP contribution in [0.4, 0.5) is 0 Å². The van der Waals surface area contributed by atoms with E-state index in [0.29, 0.717) is 12.3 Å². The first-order valence-electron chi connectivity index (χ1n) is 7.63. The van der Waals surface area contributed by atoms with Gasteiger partial charge in [0.1, 0.15) is 11.3 Å². The molecule has 0 aromatic heterocycles. The lowest BCUT2D eigenvalue weighted by atomic mass is 9.93. The average Bonchev–Trinajstić information content (AvgIpc) is 2.72. The highest BCUT2D eigenvalue weighted by Gasteiger charge is 2.39. The maximum absolute atomic E-state index is 11.6. The number of hydrogen-bond donors (Lipinski definition) is 3. The number of phenolic OH excluding ortho intramolecular Hbond substituents is 1. The molecule has 3 atom stereocenters. The smallest absolute Gasteiger partial charge is 0.323 e. The van der Waals surface area contributed by atoms with Crippen LogP contribution in [-0.2, 0) is 4.79 Å². The van der Waals surface area contributed by atoms with Gasteiger partial charge in [-0.2, -0.15) is 0 Å². The molecule has 1 aliphatic carbocycles. The fraction of sp³-hybridized carbons (Fsp3) is 0.588. The largest absolute Gasteiger partial charge is 0.508 e. The van der Waals surface area contributed by atoms with E-state index in [0.717, 1.165) is 29.5 Å². The molecule has 0 amide bonds. The van der Waals surface area contributed by atoms with Crippen LogP contribution in [0, 0.1) is 6.92 Å². The first-order chi connectivity index (χ1) is 9.80. The van der Waals surface area contributed by atoms with Crippen LogP contribution < -0.4 is 5.32 Å². The second-order valence-corrected chi connectivity index (χ2v) is 6.45. The number of benzene rings is 1. The minimum Gasteiger partial charge on any atom is -0.508 e. The molecule has 4 nitrogen and oxygen atoms in total. The van der Waals surface area contributed by atoms with Crippen LogP contribution in [0.15, 0.2) is 12.1 Å². The molecule has 2 rings (SSSR count). The molecule has 0 bridgehead atoms. The summed E-state index contributed by atoms with van der Waals surface area (Å²) in [5.41, 5.74) is 2.24. The molecule has 0 saturated carbocycles. The van der Waals surface area contributed by atoms with Crippen molar-refractivity contribution in [3.05, 3.63) is 28.8 Å². The van der Waals surface area contributed by atoms with Gasteiger partial charge in [0.15, 0.2) is 0 Å². The lowest BCUT2D eigenvalue weighted by Gasteiger charge is -2.30. The summed E-state index contributed by atoms with van der Waals surface area (Å²) in [6, 6.07) is 3.52. The zero-order valence-electron chi connectivity index (χ0n) is 13.2. The van der Waals surface area contributed by atoms with Gasteiger partial charge in [0.25, 0.3) is 0 Å². The van der Waals surface area contributed by atoms with E-state index < -0.39 is 11.5 Å². The Hall–Kier alpha value is -1.55. The number of carboxylic acids is 1. The summed E-state index contributed by atoms with van der Waals surface area (Å²) >= 11 is 0. The first-order valence-corrected chi connectivity index (χ1v) is 7.63. The van der Waals surface area contributed by atoms with E-state index in [9.17, 15) is 15.0 Å². The predicted octanol–water partition coefficient (Wildman–Crippen LogP) is 3.48. The highest BCUT2D eigenvalue weighted by molar-refractivity contribution is 5.78. The van der Waals surface area contributed by atoms with Gasteiger partial charge in [-0.25, -0.2) is 0 Å². The Bertz CT molecular complexity index is 555. The highest BCUT2D eigenvalue weighted by Crippen LogP contribution is 2.46. The number of hydrogen-bond acceptors (Lipinski definition) is 3. The molecule has 3 N–H and O–H groups in total. The summed E-state index contributed by atoms with van der Waals surface area (Å²) in [5.74, 6) is -0.247. The lowest BCUT2D eigenvalue weighted by Crippen LogP contribution is -2.50. The van der Waals surface area contributed by atoms with Crippen LogP contribution in [0.3, 0.4) is 0 Å². The van der Waals surface area contributed by atoms with Gasteiger partial charge in [0.2, 0.25) is 0 Å². The van der Waals surface area contributed by atoms with Crippen molar-refractivity contribution in [2.24, 2.45) is 0 Å². The Balaban J connectivity index is 2.37. The Morgan fingerprint density at radius 3 is 2.67 bits per heavy atom. The standard InChI is InChI=1S/C17H25NO3/c1-5-8-17(4,16(20)21)18-12-9-11(3)14-10(2)6-7-13(19)15(12)14/h6-7,11-12,18-19H,5,8-9H2,1-4H3,(H,20,21). The lowest BCUT2D eigenvalue weighted by molar-refractivity contribution is -0.145. The van der Waals surface area contributed by atoms with Crippen molar-refractivity contribution in [3.8, 4) is 5.75 Å². The van der Waals surface area contributed by atoms with Crippen LogP contribution in [0.1, 0.15) is 68.7 Å². The van der Waals surface area contributed by atoms with E-state index in [1.165, 1.54) is 0 Å². The van der Waals surface area contributed by atoms with Crippen molar-refractivity contribution in [1.82, 2.24) is 5.32 Å². The van der Waals surface area contributed by atoms with Crippen molar-refractivity contribution in [2.75, 3.05) is 0 Å². The van der Waals surface area contributed by atoms with E-state index in [2.05, 4.69) is 12.2 Å². The Morgan fingerprint density at radius 1 is 1.43 bits per heavy atom. The minimum absolute atomic E-state index is 0.109. The normalized spacial score (nSPS) is 23.6. The summed E-state index contributed by atoms with van der Waals surface area (Å²) in [6.07, 6.45) is 2.18. The Kier molecular flexibility index (Phi) is 4.28. The van der Waals surface area contributed by atoms with E-state index in [-0.39, 0.29) is 11.8 Å². The quantitative estimate of drug-likeness (QED) is 0.777. The SMILES string of the molecule is CCCC(C)(NC1CC(C)c2c(C)ccc(O)c21)C(=O)O. The van der Waals surface area contributed by atoms with Crippen LogP contribution in [0.2, 0.25) is 0 Å². The molecule has 0 radical (unpaired) electrons. The predicted molar refractivity (Wildman–Crippen MR) is 82.7 cm³/mol. The van der Waals surface area contributed by atoms with Crippen molar-refractivity contribution in [1.29, 1.82) is 0 Å². The molecule has 21 heavy (non-hydrogen) atoms. The molecule has 0 heterocycles. The third kappa shape index (κ3) is 2.77. The van der Waals surface area contributed by atoms with Gasteiger partial charge >= 0.3 is 5.97 Å². The second-order valence-electron chi connectivity index (χ2n) is 6.45. The summed E-state index contributed by atoms with van der Waals surface area (Å²) in [7, 11) is 0. The molecule has 1 aromatic rings. The third-order valence-electron chi connectivity index (χ3n) is 4.63. The van der Waals surface area contributed by atoms with Gasteiger partial charge in [-0.1, -0.05) is 26.3 Å². The second kappa shape index (κ2) is 5.68. The minimum atomic E-state index is -0.961. The van der Waals surface area contributed by atoms with Gasteiger partial charge in [-0.3, -0.25) is 10.1 Å². The average molecular weight is 291 g/mol. The molecule has 0 saturated heterocycles. The molecule has 3 unspecified atom stereocenters. The number of fused-ring (bicyclic) bond motifs is 1. The summed E-state index contributed by atoms with van der Waals surface area (Å²) < 4.78 is 0. The number of aliphatic carboxylic acids is 1. The fourth-order valence-corrected chi connectivity index (χ4v) is 3.60. The molecule has 1 aromatic carbocycles. The number of aryl methyl sites for hydroxylation is 1. The van der Waals surface area contributed by atoms with Crippen LogP contribution in [0.25, 0.3) is 0 Å². The van der Waals surface area contributed by atoms with Crippen LogP contribution in [0.5, 0.6) is 5.75 Å². The highest BCUT2D eigenvalue weighted by atomic mass is 16.4. The molecule has 0 fully saturated rings. The van der Waals surface area contributed by atoms with E-state index in [4.69, 9.17) is 0 Å². The number of carbonyl (C=O) groups is 1. The number of carboxylic acid groups (broad SMARTS) is 1.